The van der Waals surface area contributed by atoms with Gasteiger partial charge in [-0.25, -0.2) is 8.42 Å². The Balaban J connectivity index is 2.28. The fraction of sp³-hybridized carbons (Fsp3) is 0.467. The van der Waals surface area contributed by atoms with E-state index in [2.05, 4.69) is 10.6 Å². The lowest BCUT2D eigenvalue weighted by molar-refractivity contribution is -0.120. The van der Waals surface area contributed by atoms with Gasteiger partial charge in [0.05, 0.1) is 35.4 Å². The molecule has 1 saturated heterocycles. The summed E-state index contributed by atoms with van der Waals surface area (Å²) < 4.78 is 32.0. The van der Waals surface area contributed by atoms with E-state index in [-0.39, 0.29) is 59.3 Å². The zero-order valence-electron chi connectivity index (χ0n) is 14.0. The number of carbonyl (C=O) groups excluding carboxylic acids is 2. The number of carbonyl (C=O) groups is 2. The smallest absolute Gasteiger partial charge is 0.253 e. The molecule has 0 aromatic heterocycles. The molecule has 0 spiro atoms. The van der Waals surface area contributed by atoms with Gasteiger partial charge in [-0.1, -0.05) is 23.2 Å². The normalized spacial score (nSPS) is 15.5. The van der Waals surface area contributed by atoms with Crippen LogP contribution in [0.2, 0.25) is 10.0 Å². The summed E-state index contributed by atoms with van der Waals surface area (Å²) >= 11 is 12.1. The molecule has 1 aliphatic heterocycles. The van der Waals surface area contributed by atoms with E-state index in [0.29, 0.717) is 6.54 Å². The first-order valence-corrected chi connectivity index (χ1v) is 10.1. The van der Waals surface area contributed by atoms with E-state index in [9.17, 15) is 18.0 Å². The number of halogens is 2. The summed E-state index contributed by atoms with van der Waals surface area (Å²) in [4.78, 5) is 23.5. The van der Waals surface area contributed by atoms with E-state index >= 15 is 0 Å². The molecule has 11 heteroatoms. The summed E-state index contributed by atoms with van der Waals surface area (Å²) in [6.07, 6.45) is 0. The number of morpholine rings is 1. The molecule has 1 aromatic carbocycles. The van der Waals surface area contributed by atoms with Crippen molar-refractivity contribution in [3.05, 3.63) is 27.7 Å². The summed E-state index contributed by atoms with van der Waals surface area (Å²) in [6.45, 7) is 2.88. The number of ether oxygens (including phenoxy) is 1. The van der Waals surface area contributed by atoms with Gasteiger partial charge in [0, 0.05) is 19.6 Å². The Morgan fingerprint density at radius 2 is 1.81 bits per heavy atom. The molecule has 2 amide bonds. The highest BCUT2D eigenvalue weighted by atomic mass is 35.5. The Morgan fingerprint density at radius 1 is 1.15 bits per heavy atom. The minimum atomic E-state index is -3.90. The van der Waals surface area contributed by atoms with Gasteiger partial charge >= 0.3 is 0 Å². The Bertz CT molecular complexity index is 795. The van der Waals surface area contributed by atoms with Crippen LogP contribution in [0.4, 0.5) is 0 Å². The van der Waals surface area contributed by atoms with E-state index in [1.165, 1.54) is 10.4 Å². The van der Waals surface area contributed by atoms with Crippen molar-refractivity contribution in [3.63, 3.8) is 0 Å². The molecule has 8 nitrogen and oxygen atoms in total. The van der Waals surface area contributed by atoms with Gasteiger partial charge in [-0.05, 0) is 19.1 Å². The van der Waals surface area contributed by atoms with Crippen LogP contribution < -0.4 is 10.6 Å². The molecule has 1 aliphatic rings. The number of hydrogen-bond acceptors (Lipinski definition) is 5. The molecular formula is C15H19Cl2N3O5S. The summed E-state index contributed by atoms with van der Waals surface area (Å²) in [5.41, 5.74) is -0.0767. The quantitative estimate of drug-likeness (QED) is 0.706. The Morgan fingerprint density at radius 3 is 2.42 bits per heavy atom. The third-order valence-corrected chi connectivity index (χ3v) is 6.31. The van der Waals surface area contributed by atoms with Crippen LogP contribution in [0, 0.1) is 0 Å². The van der Waals surface area contributed by atoms with E-state index in [1.54, 1.807) is 6.92 Å². The summed E-state index contributed by atoms with van der Waals surface area (Å²) in [5, 5.41) is 4.84. The van der Waals surface area contributed by atoms with Crippen LogP contribution in [0.1, 0.15) is 17.3 Å². The van der Waals surface area contributed by atoms with Gasteiger partial charge in [-0.15, -0.1) is 0 Å². The SMILES string of the molecule is CCNC(=O)CNC(=O)c1cc(S(=O)(=O)N2CCOCC2)c(Cl)cc1Cl. The van der Waals surface area contributed by atoms with Crippen LogP contribution in [0.15, 0.2) is 17.0 Å². The second-order valence-corrected chi connectivity index (χ2v) is 8.14. The van der Waals surface area contributed by atoms with Crippen molar-refractivity contribution in [3.8, 4) is 0 Å². The van der Waals surface area contributed by atoms with Gasteiger partial charge in [-0.2, -0.15) is 4.31 Å². The lowest BCUT2D eigenvalue weighted by atomic mass is 10.2. The molecule has 0 atom stereocenters. The molecule has 1 aromatic rings. The lowest BCUT2D eigenvalue weighted by Crippen LogP contribution is -2.41. The van der Waals surface area contributed by atoms with Gasteiger partial charge in [0.1, 0.15) is 4.90 Å². The van der Waals surface area contributed by atoms with Gasteiger partial charge < -0.3 is 15.4 Å². The Hall–Kier alpha value is -1.39. The molecule has 1 heterocycles. The second-order valence-electron chi connectivity index (χ2n) is 5.42. The van der Waals surface area contributed by atoms with Gasteiger partial charge in [0.2, 0.25) is 15.9 Å². The number of nitrogens with one attached hydrogen (secondary N) is 2. The summed E-state index contributed by atoms with van der Waals surface area (Å²) in [5.74, 6) is -1.04. The average Bonchev–Trinajstić information content (AvgIpc) is 2.60. The topological polar surface area (TPSA) is 105 Å². The fourth-order valence-electron chi connectivity index (χ4n) is 2.34. The lowest BCUT2D eigenvalue weighted by Gasteiger charge is -2.26. The standard InChI is InChI=1S/C15H19Cl2N3O5S/c1-2-18-14(21)9-19-15(22)10-7-13(12(17)8-11(10)16)26(23,24)20-3-5-25-6-4-20/h7-8H,2-6,9H2,1H3,(H,18,21)(H,19,22). The highest BCUT2D eigenvalue weighted by Gasteiger charge is 2.30. The van der Waals surface area contributed by atoms with Crippen LogP contribution in [-0.4, -0.2) is 63.9 Å². The van der Waals surface area contributed by atoms with Crippen LogP contribution in [0.3, 0.4) is 0 Å². The first-order valence-electron chi connectivity index (χ1n) is 7.89. The maximum absolute atomic E-state index is 12.8. The zero-order valence-corrected chi connectivity index (χ0v) is 16.4. The molecule has 0 aliphatic carbocycles. The Kier molecular flexibility index (Phi) is 7.24. The zero-order chi connectivity index (χ0) is 19.3. The van der Waals surface area contributed by atoms with Crippen LogP contribution in [-0.2, 0) is 19.6 Å². The monoisotopic (exact) mass is 423 g/mol. The Labute approximate surface area is 161 Å². The van der Waals surface area contributed by atoms with Crippen LogP contribution in [0.5, 0.6) is 0 Å². The molecule has 1 fully saturated rings. The van der Waals surface area contributed by atoms with Crippen molar-refractivity contribution >= 4 is 45.0 Å². The third kappa shape index (κ3) is 4.86. The molecule has 0 unspecified atom stereocenters. The number of amides is 2. The first-order chi connectivity index (χ1) is 12.3. The number of hydrogen-bond donors (Lipinski definition) is 2. The van der Waals surface area contributed by atoms with E-state index in [0.717, 1.165) is 6.07 Å². The molecule has 0 bridgehead atoms. The van der Waals surface area contributed by atoms with Crippen molar-refractivity contribution in [1.82, 2.24) is 14.9 Å². The number of sulfonamides is 1. The molecule has 144 valence electrons. The molecule has 26 heavy (non-hydrogen) atoms. The largest absolute Gasteiger partial charge is 0.379 e. The molecular weight excluding hydrogens is 405 g/mol. The van der Waals surface area contributed by atoms with Crippen LogP contribution >= 0.6 is 23.2 Å². The van der Waals surface area contributed by atoms with Crippen molar-refractivity contribution < 1.29 is 22.7 Å². The highest BCUT2D eigenvalue weighted by Crippen LogP contribution is 2.31. The van der Waals surface area contributed by atoms with Crippen molar-refractivity contribution in [2.45, 2.75) is 11.8 Å². The third-order valence-electron chi connectivity index (χ3n) is 3.64. The predicted molar refractivity (Wildman–Crippen MR) is 97.1 cm³/mol. The molecule has 0 saturated carbocycles. The minimum Gasteiger partial charge on any atom is -0.379 e. The van der Waals surface area contributed by atoms with Crippen molar-refractivity contribution in [1.29, 1.82) is 0 Å². The van der Waals surface area contributed by atoms with Gasteiger partial charge in [0.15, 0.2) is 0 Å². The van der Waals surface area contributed by atoms with Crippen molar-refractivity contribution in [2.75, 3.05) is 39.4 Å². The number of rotatable bonds is 6. The van der Waals surface area contributed by atoms with Crippen molar-refractivity contribution in [2.24, 2.45) is 0 Å². The summed E-state index contributed by atoms with van der Waals surface area (Å²) in [6, 6.07) is 2.33. The number of benzene rings is 1. The molecule has 2 N–H and O–H groups in total. The van der Waals surface area contributed by atoms with E-state index < -0.39 is 15.9 Å². The highest BCUT2D eigenvalue weighted by molar-refractivity contribution is 7.89. The van der Waals surface area contributed by atoms with Crippen LogP contribution in [0.25, 0.3) is 0 Å². The predicted octanol–water partition coefficient (Wildman–Crippen LogP) is 0.880. The number of likely N-dealkylation sites (N-methyl/N-ethyl adjacent to an activating group) is 1. The van der Waals surface area contributed by atoms with Gasteiger partial charge in [0.25, 0.3) is 5.91 Å². The van der Waals surface area contributed by atoms with E-state index in [1.807, 2.05) is 0 Å². The van der Waals surface area contributed by atoms with Gasteiger partial charge in [-0.3, -0.25) is 9.59 Å². The minimum absolute atomic E-state index is 0.00988. The molecule has 2 rings (SSSR count). The number of nitrogens with zero attached hydrogens (tertiary/aromatic N) is 1. The first kappa shape index (κ1) is 20.9. The average molecular weight is 424 g/mol. The summed E-state index contributed by atoms with van der Waals surface area (Å²) in [7, 11) is -3.90. The fourth-order valence-corrected chi connectivity index (χ4v) is 4.58. The molecule has 0 radical (unpaired) electrons. The maximum atomic E-state index is 12.8. The maximum Gasteiger partial charge on any atom is 0.253 e. The second kappa shape index (κ2) is 9.01. The van der Waals surface area contributed by atoms with E-state index in [4.69, 9.17) is 27.9 Å².